The molecule has 112 valence electrons. The molecule has 2 aliphatic heterocycles. The van der Waals surface area contributed by atoms with Crippen LogP contribution >= 0.6 is 11.3 Å². The predicted molar refractivity (Wildman–Crippen MR) is 88.2 cm³/mol. The highest BCUT2D eigenvalue weighted by Gasteiger charge is 2.35. The lowest BCUT2D eigenvalue weighted by molar-refractivity contribution is 0.254. The molecule has 2 atom stereocenters. The first kappa shape index (κ1) is 13.5. The fourth-order valence-corrected chi connectivity index (χ4v) is 4.56. The molecule has 0 aliphatic carbocycles. The maximum atomic E-state index is 4.87. The van der Waals surface area contributed by atoms with Crippen molar-refractivity contribution in [2.75, 3.05) is 25.0 Å². The van der Waals surface area contributed by atoms with E-state index in [0.29, 0.717) is 6.04 Å². The van der Waals surface area contributed by atoms with E-state index >= 15 is 0 Å². The summed E-state index contributed by atoms with van der Waals surface area (Å²) in [6, 6.07) is 3.64. The summed E-state index contributed by atoms with van der Waals surface area (Å²) in [6.45, 7) is 4.37. The second-order valence-corrected chi connectivity index (χ2v) is 7.14. The first-order valence-electron chi connectivity index (χ1n) is 7.97. The van der Waals surface area contributed by atoms with Gasteiger partial charge in [-0.25, -0.2) is 9.97 Å². The van der Waals surface area contributed by atoms with Crippen molar-refractivity contribution in [3.8, 4) is 0 Å². The van der Waals surface area contributed by atoms with Crippen LogP contribution in [-0.2, 0) is 6.42 Å². The smallest absolute Gasteiger partial charge is 0.141 e. The molecule has 0 saturated carbocycles. The van der Waals surface area contributed by atoms with Gasteiger partial charge in [0.1, 0.15) is 16.5 Å². The number of thiophene rings is 1. The monoisotopic (exact) mass is 302 g/mol. The Kier molecular flexibility index (Phi) is 3.34. The normalized spacial score (nSPS) is 26.5. The van der Waals surface area contributed by atoms with Gasteiger partial charge in [-0.2, -0.15) is 0 Å². The molecule has 4 heterocycles. The molecule has 21 heavy (non-hydrogen) atoms. The number of anilines is 1. The zero-order chi connectivity index (χ0) is 14.4. The first-order chi connectivity index (χ1) is 10.3. The van der Waals surface area contributed by atoms with Gasteiger partial charge in [-0.15, -0.1) is 11.3 Å². The molecule has 2 unspecified atom stereocenters. The Balaban J connectivity index is 1.74. The molecule has 0 radical (unpaired) electrons. The maximum absolute atomic E-state index is 4.87. The molecular formula is C16H22N4S. The van der Waals surface area contributed by atoms with Crippen LogP contribution in [-0.4, -0.2) is 47.1 Å². The van der Waals surface area contributed by atoms with Gasteiger partial charge in [0.25, 0.3) is 0 Å². The Hall–Kier alpha value is -1.20. The van der Waals surface area contributed by atoms with Crippen LogP contribution in [0, 0.1) is 0 Å². The van der Waals surface area contributed by atoms with Gasteiger partial charge in [0.2, 0.25) is 0 Å². The molecule has 2 bridgehead atoms. The molecule has 2 fully saturated rings. The number of hydrogen-bond acceptors (Lipinski definition) is 5. The summed E-state index contributed by atoms with van der Waals surface area (Å²) in [4.78, 5) is 15.8. The van der Waals surface area contributed by atoms with E-state index in [1.165, 1.54) is 30.5 Å². The number of aryl methyl sites for hydroxylation is 1. The summed E-state index contributed by atoms with van der Waals surface area (Å²) in [5.74, 6) is 2.14. The van der Waals surface area contributed by atoms with E-state index in [4.69, 9.17) is 4.98 Å². The summed E-state index contributed by atoms with van der Waals surface area (Å²) in [6.07, 6.45) is 4.85. The molecule has 0 amide bonds. The Labute approximate surface area is 129 Å². The third-order valence-electron chi connectivity index (χ3n) is 5.12. The summed E-state index contributed by atoms with van der Waals surface area (Å²) in [5.41, 5.74) is 0. The molecule has 4 rings (SSSR count). The second-order valence-electron chi connectivity index (χ2n) is 6.24. The lowest BCUT2D eigenvalue weighted by atomic mass is 10.1. The average Bonchev–Trinajstić information content (AvgIpc) is 3.03. The summed E-state index contributed by atoms with van der Waals surface area (Å²) in [5, 5.41) is 3.37. The van der Waals surface area contributed by atoms with E-state index in [1.807, 2.05) is 0 Å². The zero-order valence-corrected chi connectivity index (χ0v) is 13.6. The van der Waals surface area contributed by atoms with Crippen LogP contribution in [0.1, 0.15) is 32.0 Å². The van der Waals surface area contributed by atoms with Crippen molar-refractivity contribution in [1.82, 2.24) is 14.9 Å². The van der Waals surface area contributed by atoms with Gasteiger partial charge in [-0.3, -0.25) is 4.90 Å². The quantitative estimate of drug-likeness (QED) is 0.854. The van der Waals surface area contributed by atoms with Crippen molar-refractivity contribution >= 4 is 27.4 Å². The molecule has 2 aliphatic rings. The second kappa shape index (κ2) is 5.21. The van der Waals surface area contributed by atoms with Gasteiger partial charge in [0, 0.05) is 31.6 Å². The SMILES string of the molecule is CCc1nc(N2CCC3CCC(C2)N3C)c2ccsc2n1. The first-order valence-corrected chi connectivity index (χ1v) is 8.85. The number of nitrogens with zero attached hydrogens (tertiary/aromatic N) is 4. The molecule has 0 aromatic carbocycles. The summed E-state index contributed by atoms with van der Waals surface area (Å²) < 4.78 is 0. The molecule has 0 N–H and O–H groups in total. The van der Waals surface area contributed by atoms with E-state index in [9.17, 15) is 0 Å². The fraction of sp³-hybridized carbons (Fsp3) is 0.625. The van der Waals surface area contributed by atoms with Gasteiger partial charge in [-0.1, -0.05) is 6.92 Å². The minimum absolute atomic E-state index is 0.686. The van der Waals surface area contributed by atoms with E-state index in [1.54, 1.807) is 11.3 Å². The van der Waals surface area contributed by atoms with Crippen LogP contribution in [0.5, 0.6) is 0 Å². The fourth-order valence-electron chi connectivity index (χ4n) is 3.78. The molecule has 2 aromatic heterocycles. The van der Waals surface area contributed by atoms with Crippen LogP contribution in [0.25, 0.3) is 10.2 Å². The van der Waals surface area contributed by atoms with Crippen LogP contribution in [0.4, 0.5) is 5.82 Å². The maximum Gasteiger partial charge on any atom is 0.141 e. The third-order valence-corrected chi connectivity index (χ3v) is 5.92. The Morgan fingerprint density at radius 2 is 2.10 bits per heavy atom. The highest BCUT2D eigenvalue weighted by atomic mass is 32.1. The molecule has 0 spiro atoms. The van der Waals surface area contributed by atoms with Crippen molar-refractivity contribution in [3.05, 3.63) is 17.3 Å². The molecule has 2 saturated heterocycles. The van der Waals surface area contributed by atoms with Crippen LogP contribution in [0.2, 0.25) is 0 Å². The topological polar surface area (TPSA) is 32.3 Å². The van der Waals surface area contributed by atoms with Crippen molar-refractivity contribution < 1.29 is 0 Å². The molecule has 4 nitrogen and oxygen atoms in total. The van der Waals surface area contributed by atoms with E-state index < -0.39 is 0 Å². The van der Waals surface area contributed by atoms with Crippen LogP contribution in [0.3, 0.4) is 0 Å². The number of hydrogen-bond donors (Lipinski definition) is 0. The van der Waals surface area contributed by atoms with Crippen molar-refractivity contribution in [2.45, 2.75) is 44.7 Å². The van der Waals surface area contributed by atoms with E-state index in [2.05, 4.69) is 40.2 Å². The highest BCUT2D eigenvalue weighted by Crippen LogP contribution is 2.33. The van der Waals surface area contributed by atoms with Gasteiger partial charge >= 0.3 is 0 Å². The van der Waals surface area contributed by atoms with Crippen LogP contribution in [0.15, 0.2) is 11.4 Å². The Morgan fingerprint density at radius 3 is 2.95 bits per heavy atom. The number of fused-ring (bicyclic) bond motifs is 3. The number of likely N-dealkylation sites (N-methyl/N-ethyl adjacent to an activating group) is 1. The summed E-state index contributed by atoms with van der Waals surface area (Å²) >= 11 is 1.73. The predicted octanol–water partition coefficient (Wildman–Crippen LogP) is 2.93. The molecular weight excluding hydrogens is 280 g/mol. The van der Waals surface area contributed by atoms with Crippen molar-refractivity contribution in [2.24, 2.45) is 0 Å². The number of rotatable bonds is 2. The van der Waals surface area contributed by atoms with Crippen LogP contribution < -0.4 is 4.90 Å². The van der Waals surface area contributed by atoms with Gasteiger partial charge < -0.3 is 4.90 Å². The minimum atomic E-state index is 0.686. The van der Waals surface area contributed by atoms with Gasteiger partial charge in [0.05, 0.1) is 5.39 Å². The average molecular weight is 302 g/mol. The van der Waals surface area contributed by atoms with E-state index in [-0.39, 0.29) is 0 Å². The van der Waals surface area contributed by atoms with Crippen molar-refractivity contribution in [1.29, 1.82) is 0 Å². The Bertz CT molecular complexity index is 653. The molecule has 5 heteroatoms. The Morgan fingerprint density at radius 1 is 1.24 bits per heavy atom. The third kappa shape index (κ3) is 2.23. The minimum Gasteiger partial charge on any atom is -0.354 e. The zero-order valence-electron chi connectivity index (χ0n) is 12.7. The largest absolute Gasteiger partial charge is 0.354 e. The standard InChI is InChI=1S/C16H22N4S/c1-3-14-17-15(13-7-9-21-16(13)18-14)20-8-6-11-4-5-12(10-20)19(11)2/h7,9,11-12H,3-6,8,10H2,1-2H3. The van der Waals surface area contributed by atoms with E-state index in [0.717, 1.165) is 36.2 Å². The van der Waals surface area contributed by atoms with Gasteiger partial charge in [-0.05, 0) is 37.8 Å². The lowest BCUT2D eigenvalue weighted by Gasteiger charge is -2.27. The van der Waals surface area contributed by atoms with Gasteiger partial charge in [0.15, 0.2) is 0 Å². The molecule has 2 aromatic rings. The lowest BCUT2D eigenvalue weighted by Crippen LogP contribution is -2.37. The highest BCUT2D eigenvalue weighted by molar-refractivity contribution is 7.16. The van der Waals surface area contributed by atoms with Crippen molar-refractivity contribution in [3.63, 3.8) is 0 Å². The number of aromatic nitrogens is 2. The summed E-state index contributed by atoms with van der Waals surface area (Å²) in [7, 11) is 2.30.